The normalized spacial score (nSPS) is 15.6. The van der Waals surface area contributed by atoms with Gasteiger partial charge in [0.25, 0.3) is 0 Å². The third-order valence-electron chi connectivity index (χ3n) is 5.17. The van der Waals surface area contributed by atoms with Gasteiger partial charge in [0.05, 0.1) is 18.2 Å². The van der Waals surface area contributed by atoms with E-state index >= 15 is 0 Å². The number of halogens is 1. The number of ether oxygens (including phenoxy) is 1. The monoisotopic (exact) mass is 520 g/mol. The molecular formula is C21H37IN4O3. The summed E-state index contributed by atoms with van der Waals surface area (Å²) in [5.74, 6) is 1.89. The fourth-order valence-corrected chi connectivity index (χ4v) is 3.65. The summed E-state index contributed by atoms with van der Waals surface area (Å²) in [6, 6.07) is 3.87. The van der Waals surface area contributed by atoms with Gasteiger partial charge in [-0.1, -0.05) is 12.8 Å². The molecule has 2 N–H and O–H groups in total. The molecule has 29 heavy (non-hydrogen) atoms. The van der Waals surface area contributed by atoms with E-state index in [0.29, 0.717) is 6.54 Å². The molecule has 1 aliphatic carbocycles. The Balaban J connectivity index is 0.00000420. The zero-order chi connectivity index (χ0) is 20.2. The summed E-state index contributed by atoms with van der Waals surface area (Å²) < 4.78 is 10.8. The number of carbonyl (C=O) groups is 1. The molecule has 0 aromatic carbocycles. The van der Waals surface area contributed by atoms with Gasteiger partial charge in [0.1, 0.15) is 5.76 Å². The minimum atomic E-state index is -0.357. The first-order valence-electron chi connectivity index (χ1n) is 10.4. The smallest absolute Gasteiger partial charge is 0.230 e. The van der Waals surface area contributed by atoms with Crippen LogP contribution in [0.25, 0.3) is 0 Å². The fourth-order valence-electron chi connectivity index (χ4n) is 3.65. The maximum Gasteiger partial charge on any atom is 0.230 e. The number of furan rings is 1. The average Bonchev–Trinajstić information content (AvgIpc) is 3.37. The second kappa shape index (κ2) is 13.8. The summed E-state index contributed by atoms with van der Waals surface area (Å²) >= 11 is 0. The van der Waals surface area contributed by atoms with E-state index in [4.69, 9.17) is 14.1 Å². The van der Waals surface area contributed by atoms with Crippen molar-refractivity contribution < 1.29 is 13.9 Å². The second-order valence-electron chi connectivity index (χ2n) is 7.59. The van der Waals surface area contributed by atoms with Crippen LogP contribution in [0.1, 0.15) is 44.8 Å². The predicted octanol–water partition coefficient (Wildman–Crippen LogP) is 3.05. The largest absolute Gasteiger partial charge is 0.469 e. The quantitative estimate of drug-likeness (QED) is 0.203. The molecule has 1 amide bonds. The van der Waals surface area contributed by atoms with E-state index in [0.717, 1.165) is 76.5 Å². The first kappa shape index (κ1) is 25.7. The van der Waals surface area contributed by atoms with Crippen LogP contribution in [0.3, 0.4) is 0 Å². The van der Waals surface area contributed by atoms with Crippen molar-refractivity contribution in [3.05, 3.63) is 24.2 Å². The van der Waals surface area contributed by atoms with Gasteiger partial charge in [0.2, 0.25) is 5.91 Å². The Labute approximate surface area is 192 Å². The molecule has 8 heteroatoms. The van der Waals surface area contributed by atoms with Crippen LogP contribution in [0, 0.1) is 5.41 Å². The molecule has 0 aliphatic heterocycles. The number of aliphatic imine (C=N–C) groups is 1. The van der Waals surface area contributed by atoms with Gasteiger partial charge in [0.15, 0.2) is 5.96 Å². The van der Waals surface area contributed by atoms with E-state index in [1.807, 2.05) is 33.2 Å². The Bertz CT molecular complexity index is 599. The number of nitrogens with one attached hydrogen (secondary N) is 2. The number of hydrogen-bond donors (Lipinski definition) is 2. The first-order chi connectivity index (χ1) is 13.6. The van der Waals surface area contributed by atoms with Crippen LogP contribution in [0.2, 0.25) is 0 Å². The van der Waals surface area contributed by atoms with E-state index in [-0.39, 0.29) is 35.3 Å². The van der Waals surface area contributed by atoms with Crippen LogP contribution >= 0.6 is 24.0 Å². The van der Waals surface area contributed by atoms with Crippen molar-refractivity contribution in [1.82, 2.24) is 15.5 Å². The highest BCUT2D eigenvalue weighted by Crippen LogP contribution is 2.39. The van der Waals surface area contributed by atoms with Crippen LogP contribution in [0.4, 0.5) is 0 Å². The Morgan fingerprint density at radius 1 is 1.28 bits per heavy atom. The molecule has 0 spiro atoms. The minimum Gasteiger partial charge on any atom is -0.469 e. The molecule has 1 aromatic rings. The highest BCUT2D eigenvalue weighted by atomic mass is 127. The highest BCUT2D eigenvalue weighted by Gasteiger charge is 2.42. The van der Waals surface area contributed by atoms with Gasteiger partial charge in [-0.15, -0.1) is 24.0 Å². The van der Waals surface area contributed by atoms with Crippen molar-refractivity contribution in [3.8, 4) is 0 Å². The summed E-state index contributed by atoms with van der Waals surface area (Å²) in [6.45, 7) is 5.48. The lowest BCUT2D eigenvalue weighted by Crippen LogP contribution is -2.43. The molecule has 7 nitrogen and oxygen atoms in total. The van der Waals surface area contributed by atoms with E-state index < -0.39 is 0 Å². The predicted molar refractivity (Wildman–Crippen MR) is 127 cm³/mol. The zero-order valence-corrected chi connectivity index (χ0v) is 20.4. The standard InChI is InChI=1S/C21H36N4O3.HI/c1-4-27-15-8-13-22-20(23-14-10-18-9-7-16-28-18)24-17-21(11-5-6-12-21)19(26)25(2)3;/h7,9,16H,4-6,8,10-15,17H2,1-3H3,(H2,22,23,24);1H. The van der Waals surface area contributed by atoms with Gasteiger partial charge in [-0.3, -0.25) is 9.79 Å². The fraction of sp³-hybridized carbons (Fsp3) is 0.714. The third kappa shape index (κ3) is 8.54. The number of hydrogen-bond acceptors (Lipinski definition) is 4. The molecule has 0 unspecified atom stereocenters. The molecule has 0 atom stereocenters. The first-order valence-corrected chi connectivity index (χ1v) is 10.4. The van der Waals surface area contributed by atoms with Crippen LogP contribution in [-0.4, -0.2) is 63.7 Å². The number of guanidine groups is 1. The van der Waals surface area contributed by atoms with Gasteiger partial charge in [-0.25, -0.2) is 0 Å². The van der Waals surface area contributed by atoms with Crippen molar-refractivity contribution in [2.75, 3.05) is 46.9 Å². The Morgan fingerprint density at radius 3 is 2.62 bits per heavy atom. The summed E-state index contributed by atoms with van der Waals surface area (Å²) in [5.41, 5.74) is -0.357. The number of rotatable bonds is 11. The van der Waals surface area contributed by atoms with E-state index in [9.17, 15) is 4.79 Å². The van der Waals surface area contributed by atoms with Crippen LogP contribution in [0.5, 0.6) is 0 Å². The number of carbonyl (C=O) groups excluding carboxylic acids is 1. The maximum absolute atomic E-state index is 12.8. The molecule has 2 rings (SSSR count). The summed E-state index contributed by atoms with van der Waals surface area (Å²) in [6.07, 6.45) is 7.40. The minimum absolute atomic E-state index is 0. The average molecular weight is 520 g/mol. The molecule has 1 heterocycles. The number of amides is 1. The summed E-state index contributed by atoms with van der Waals surface area (Å²) in [5, 5.41) is 6.74. The lowest BCUT2D eigenvalue weighted by atomic mass is 9.85. The molecular weight excluding hydrogens is 483 g/mol. The van der Waals surface area contributed by atoms with E-state index in [1.165, 1.54) is 0 Å². The number of nitrogens with zero attached hydrogens (tertiary/aromatic N) is 2. The van der Waals surface area contributed by atoms with Gasteiger partial charge in [0, 0.05) is 46.8 Å². The zero-order valence-electron chi connectivity index (χ0n) is 18.0. The molecule has 0 radical (unpaired) electrons. The molecule has 0 saturated heterocycles. The molecule has 1 aromatic heterocycles. The third-order valence-corrected chi connectivity index (χ3v) is 5.17. The molecule has 1 saturated carbocycles. The lowest BCUT2D eigenvalue weighted by Gasteiger charge is -2.29. The Morgan fingerprint density at radius 2 is 2.00 bits per heavy atom. The molecule has 166 valence electrons. The van der Waals surface area contributed by atoms with Gasteiger partial charge in [-0.05, 0) is 38.3 Å². The SMILES string of the molecule is CCOCCCNC(=NCC1(C(=O)N(C)C)CCCC1)NCCc1ccco1.I. The Hall–Kier alpha value is -1.29. The van der Waals surface area contributed by atoms with Crippen LogP contribution in [-0.2, 0) is 16.0 Å². The van der Waals surface area contributed by atoms with Crippen LogP contribution in [0.15, 0.2) is 27.8 Å². The summed E-state index contributed by atoms with van der Waals surface area (Å²) in [7, 11) is 3.67. The van der Waals surface area contributed by atoms with Crippen molar-refractivity contribution >= 4 is 35.8 Å². The van der Waals surface area contributed by atoms with Crippen molar-refractivity contribution in [1.29, 1.82) is 0 Å². The Kier molecular flexibility index (Phi) is 12.3. The lowest BCUT2D eigenvalue weighted by molar-refractivity contribution is -0.138. The molecule has 0 bridgehead atoms. The summed E-state index contributed by atoms with van der Waals surface area (Å²) in [4.78, 5) is 19.3. The van der Waals surface area contributed by atoms with Crippen molar-refractivity contribution in [3.63, 3.8) is 0 Å². The van der Waals surface area contributed by atoms with Crippen molar-refractivity contribution in [2.45, 2.75) is 45.4 Å². The highest BCUT2D eigenvalue weighted by molar-refractivity contribution is 14.0. The van der Waals surface area contributed by atoms with E-state index in [1.54, 1.807) is 11.2 Å². The van der Waals surface area contributed by atoms with Crippen molar-refractivity contribution in [2.24, 2.45) is 10.4 Å². The molecule has 1 aliphatic rings. The molecule has 1 fully saturated rings. The topological polar surface area (TPSA) is 79.1 Å². The van der Waals surface area contributed by atoms with Gasteiger partial charge >= 0.3 is 0 Å². The van der Waals surface area contributed by atoms with Gasteiger partial charge in [-0.2, -0.15) is 0 Å². The van der Waals surface area contributed by atoms with E-state index in [2.05, 4.69) is 10.6 Å². The van der Waals surface area contributed by atoms with Gasteiger partial charge < -0.3 is 24.7 Å². The van der Waals surface area contributed by atoms with Crippen LogP contribution < -0.4 is 10.6 Å². The second-order valence-corrected chi connectivity index (χ2v) is 7.59. The maximum atomic E-state index is 12.8.